The second kappa shape index (κ2) is 9.04. The topological polar surface area (TPSA) is 101 Å². The fraction of sp³-hybridized carbons (Fsp3) is 0.350. The van der Waals surface area contributed by atoms with Gasteiger partial charge in [-0.2, -0.15) is 0 Å². The number of carbonyl (C=O) groups excluding carboxylic acids is 1. The molecule has 156 valence electrons. The van der Waals surface area contributed by atoms with Gasteiger partial charge in [0.05, 0.1) is 16.9 Å². The molecule has 0 heterocycles. The number of carbonyl (C=O) groups is 1. The van der Waals surface area contributed by atoms with Gasteiger partial charge in [-0.25, -0.2) is 8.42 Å². The first-order valence-corrected chi connectivity index (χ1v) is 10.9. The minimum atomic E-state index is -3.88. The van der Waals surface area contributed by atoms with Gasteiger partial charge in [0.1, 0.15) is 6.04 Å². The van der Waals surface area contributed by atoms with Crippen molar-refractivity contribution in [2.45, 2.75) is 32.9 Å². The van der Waals surface area contributed by atoms with Gasteiger partial charge in [-0.15, -0.1) is 0 Å². The van der Waals surface area contributed by atoms with Crippen molar-refractivity contribution in [2.24, 2.45) is 0 Å². The minimum absolute atomic E-state index is 0.134. The minimum Gasteiger partial charge on any atom is -0.340 e. The van der Waals surface area contributed by atoms with Crippen LogP contribution in [0.25, 0.3) is 0 Å². The lowest BCUT2D eigenvalue weighted by molar-refractivity contribution is -0.384. The molecule has 8 nitrogen and oxygen atoms in total. The number of aryl methyl sites for hydroxylation is 1. The van der Waals surface area contributed by atoms with Crippen molar-refractivity contribution in [1.29, 1.82) is 0 Å². The quantitative estimate of drug-likeness (QED) is 0.483. The van der Waals surface area contributed by atoms with Crippen molar-refractivity contribution in [1.82, 2.24) is 4.90 Å². The van der Waals surface area contributed by atoms with Crippen molar-refractivity contribution in [2.75, 3.05) is 17.6 Å². The molecule has 0 radical (unpaired) electrons. The van der Waals surface area contributed by atoms with E-state index in [0.717, 1.165) is 16.1 Å². The smallest absolute Gasteiger partial charge is 0.271 e. The monoisotopic (exact) mass is 419 g/mol. The Morgan fingerprint density at radius 2 is 1.79 bits per heavy atom. The molecule has 1 atom stereocenters. The first kappa shape index (κ1) is 22.4. The maximum Gasteiger partial charge on any atom is 0.271 e. The number of nitrogens with zero attached hydrogens (tertiary/aromatic N) is 3. The summed E-state index contributed by atoms with van der Waals surface area (Å²) in [7, 11) is -2.27. The predicted molar refractivity (Wildman–Crippen MR) is 112 cm³/mol. The lowest BCUT2D eigenvalue weighted by atomic mass is 10.1. The molecule has 0 fully saturated rings. The highest BCUT2D eigenvalue weighted by Gasteiger charge is 2.34. The second-order valence-corrected chi connectivity index (χ2v) is 8.75. The Hall–Kier alpha value is -2.94. The van der Waals surface area contributed by atoms with Gasteiger partial charge >= 0.3 is 0 Å². The summed E-state index contributed by atoms with van der Waals surface area (Å²) in [6.45, 7) is 3.69. The van der Waals surface area contributed by atoms with Crippen molar-refractivity contribution >= 4 is 27.3 Å². The van der Waals surface area contributed by atoms with Crippen LogP contribution in [-0.4, -0.2) is 43.5 Å². The summed E-state index contributed by atoms with van der Waals surface area (Å²) in [5.41, 5.74) is 1.34. The Morgan fingerprint density at radius 1 is 1.17 bits per heavy atom. The van der Waals surface area contributed by atoms with Crippen LogP contribution in [0, 0.1) is 17.0 Å². The fourth-order valence-corrected chi connectivity index (χ4v) is 4.41. The molecule has 0 saturated carbocycles. The van der Waals surface area contributed by atoms with E-state index in [4.69, 9.17) is 0 Å². The van der Waals surface area contributed by atoms with Crippen LogP contribution in [0.4, 0.5) is 11.4 Å². The molecule has 0 aromatic heterocycles. The predicted octanol–water partition coefficient (Wildman–Crippen LogP) is 3.11. The number of amides is 1. The van der Waals surface area contributed by atoms with E-state index in [1.807, 2.05) is 30.3 Å². The highest BCUT2D eigenvalue weighted by Crippen LogP contribution is 2.30. The third-order valence-electron chi connectivity index (χ3n) is 4.59. The van der Waals surface area contributed by atoms with Gasteiger partial charge in [0.2, 0.25) is 15.9 Å². The molecule has 9 heteroatoms. The highest BCUT2D eigenvalue weighted by atomic mass is 32.2. The van der Waals surface area contributed by atoms with Gasteiger partial charge < -0.3 is 4.90 Å². The average Bonchev–Trinajstić information content (AvgIpc) is 2.66. The lowest BCUT2D eigenvalue weighted by Crippen LogP contribution is -2.49. The average molecular weight is 420 g/mol. The summed E-state index contributed by atoms with van der Waals surface area (Å²) in [6, 6.07) is 12.3. The van der Waals surface area contributed by atoms with Gasteiger partial charge in [-0.1, -0.05) is 43.3 Å². The number of hydrogen-bond acceptors (Lipinski definition) is 5. The molecular weight excluding hydrogens is 394 g/mol. The van der Waals surface area contributed by atoms with Crippen LogP contribution in [0.2, 0.25) is 0 Å². The van der Waals surface area contributed by atoms with Crippen LogP contribution >= 0.6 is 0 Å². The number of nitro groups is 1. The summed E-state index contributed by atoms with van der Waals surface area (Å²) in [5, 5.41) is 11.2. The van der Waals surface area contributed by atoms with Gasteiger partial charge in [-0.3, -0.25) is 19.2 Å². The third kappa shape index (κ3) is 5.32. The van der Waals surface area contributed by atoms with E-state index in [1.54, 1.807) is 20.9 Å². The molecule has 2 rings (SSSR count). The first-order valence-electron chi connectivity index (χ1n) is 9.09. The van der Waals surface area contributed by atoms with E-state index >= 15 is 0 Å². The van der Waals surface area contributed by atoms with Gasteiger partial charge in [0.25, 0.3) is 5.69 Å². The summed E-state index contributed by atoms with van der Waals surface area (Å²) in [6.07, 6.45) is 1.21. The molecule has 29 heavy (non-hydrogen) atoms. The SMILES string of the molecule is CC[C@H](C(=O)N(C)Cc1ccccc1)N(c1cc([N+](=O)[O-])ccc1C)S(C)(=O)=O. The van der Waals surface area contributed by atoms with E-state index in [0.29, 0.717) is 12.1 Å². The van der Waals surface area contributed by atoms with Crippen LogP contribution in [0.5, 0.6) is 0 Å². The fourth-order valence-electron chi connectivity index (χ4n) is 3.16. The summed E-state index contributed by atoms with van der Waals surface area (Å²) in [4.78, 5) is 25.2. The number of sulfonamides is 1. The number of benzene rings is 2. The molecule has 0 spiro atoms. The summed E-state index contributed by atoms with van der Waals surface area (Å²) in [5.74, 6) is -0.382. The van der Waals surface area contributed by atoms with Crippen LogP contribution in [0.1, 0.15) is 24.5 Å². The third-order valence-corrected chi connectivity index (χ3v) is 5.76. The molecule has 0 aliphatic carbocycles. The molecule has 0 unspecified atom stereocenters. The van der Waals surface area contributed by atoms with Crippen LogP contribution in [-0.2, 0) is 21.4 Å². The van der Waals surface area contributed by atoms with Gasteiger partial charge in [0.15, 0.2) is 0 Å². The lowest BCUT2D eigenvalue weighted by Gasteiger charge is -2.33. The molecule has 1 amide bonds. The normalized spacial score (nSPS) is 12.3. The van der Waals surface area contributed by atoms with E-state index in [-0.39, 0.29) is 23.7 Å². The maximum atomic E-state index is 13.2. The Morgan fingerprint density at radius 3 is 2.31 bits per heavy atom. The van der Waals surface area contributed by atoms with Crippen molar-refractivity contribution < 1.29 is 18.1 Å². The molecule has 2 aromatic rings. The number of hydrogen-bond donors (Lipinski definition) is 0. The van der Waals surface area contributed by atoms with Gasteiger partial charge in [-0.05, 0) is 24.5 Å². The van der Waals surface area contributed by atoms with E-state index < -0.39 is 21.0 Å². The molecule has 0 bridgehead atoms. The maximum absolute atomic E-state index is 13.2. The summed E-state index contributed by atoms with van der Waals surface area (Å²) < 4.78 is 26.3. The Labute approximate surface area is 171 Å². The molecule has 0 aliphatic heterocycles. The van der Waals surface area contributed by atoms with Gasteiger partial charge in [0, 0.05) is 25.7 Å². The zero-order chi connectivity index (χ0) is 21.8. The number of anilines is 1. The second-order valence-electron chi connectivity index (χ2n) is 6.89. The first-order chi connectivity index (χ1) is 13.6. The zero-order valence-electron chi connectivity index (χ0n) is 16.9. The van der Waals surface area contributed by atoms with E-state index in [1.165, 1.54) is 23.1 Å². The number of non-ortho nitro benzene ring substituents is 1. The zero-order valence-corrected chi connectivity index (χ0v) is 17.7. The van der Waals surface area contributed by atoms with Crippen molar-refractivity contribution in [3.05, 3.63) is 69.8 Å². The van der Waals surface area contributed by atoms with E-state index in [9.17, 15) is 23.3 Å². The number of nitro benzene ring substituents is 1. The van der Waals surface area contributed by atoms with Crippen molar-refractivity contribution in [3.63, 3.8) is 0 Å². The molecular formula is C20H25N3O5S. The Balaban J connectivity index is 2.46. The van der Waals surface area contributed by atoms with Crippen molar-refractivity contribution in [3.8, 4) is 0 Å². The standard InChI is InChI=1S/C20H25N3O5S/c1-5-18(20(24)21(3)14-16-9-7-6-8-10-16)22(29(4,27)28)19-13-17(23(25)26)12-11-15(19)2/h6-13,18H,5,14H2,1-4H3/t18-/m1/s1. The van der Waals surface area contributed by atoms with Crippen LogP contribution in [0.3, 0.4) is 0 Å². The van der Waals surface area contributed by atoms with E-state index in [2.05, 4.69) is 0 Å². The molecule has 0 saturated heterocycles. The summed E-state index contributed by atoms with van der Waals surface area (Å²) >= 11 is 0. The van der Waals surface area contributed by atoms with Crippen LogP contribution < -0.4 is 4.31 Å². The Kier molecular flexibility index (Phi) is 6.97. The Bertz CT molecular complexity index is 992. The largest absolute Gasteiger partial charge is 0.340 e. The number of likely N-dealkylation sites (N-methyl/N-ethyl adjacent to an activating group) is 1. The molecule has 2 aromatic carbocycles. The van der Waals surface area contributed by atoms with Crippen LogP contribution in [0.15, 0.2) is 48.5 Å². The molecule has 0 N–H and O–H groups in total. The highest BCUT2D eigenvalue weighted by molar-refractivity contribution is 7.92. The number of rotatable bonds is 8. The molecule has 0 aliphatic rings.